The van der Waals surface area contributed by atoms with Crippen LogP contribution < -0.4 is 11.1 Å². The number of rotatable bonds is 7. The van der Waals surface area contributed by atoms with E-state index in [-0.39, 0.29) is 5.91 Å². The molecule has 1 rings (SSSR count). The van der Waals surface area contributed by atoms with Gasteiger partial charge in [-0.15, -0.1) is 0 Å². The second kappa shape index (κ2) is 7.24. The summed E-state index contributed by atoms with van der Waals surface area (Å²) in [4.78, 5) is 16.7. The van der Waals surface area contributed by atoms with Gasteiger partial charge in [0.2, 0.25) is 5.91 Å². The first-order valence-corrected chi connectivity index (χ1v) is 7.02. The molecule has 0 saturated carbocycles. The molecular formula is C15H25N3O. The predicted molar refractivity (Wildman–Crippen MR) is 78.9 cm³/mol. The van der Waals surface area contributed by atoms with Crippen molar-refractivity contribution in [3.63, 3.8) is 0 Å². The van der Waals surface area contributed by atoms with E-state index in [1.165, 1.54) is 0 Å². The number of anilines is 1. The van der Waals surface area contributed by atoms with Gasteiger partial charge >= 0.3 is 0 Å². The summed E-state index contributed by atoms with van der Waals surface area (Å²) in [7, 11) is 0. The molecule has 1 heterocycles. The molecule has 4 heteroatoms. The molecule has 0 unspecified atom stereocenters. The van der Waals surface area contributed by atoms with Crippen LogP contribution in [0.1, 0.15) is 45.2 Å². The van der Waals surface area contributed by atoms with Crippen molar-refractivity contribution in [2.45, 2.75) is 46.5 Å². The molecule has 1 aromatic heterocycles. The van der Waals surface area contributed by atoms with E-state index in [0.29, 0.717) is 6.54 Å². The number of nitrogens with one attached hydrogen (secondary N) is 1. The number of nitrogens with two attached hydrogens (primary N) is 1. The van der Waals surface area contributed by atoms with Crippen LogP contribution in [0.5, 0.6) is 0 Å². The maximum Gasteiger partial charge on any atom is 0.231 e. The quantitative estimate of drug-likeness (QED) is 0.794. The molecule has 1 aromatic rings. The molecule has 3 N–H and O–H groups in total. The van der Waals surface area contributed by atoms with Gasteiger partial charge < -0.3 is 11.1 Å². The average molecular weight is 263 g/mol. The first kappa shape index (κ1) is 15.6. The van der Waals surface area contributed by atoms with Gasteiger partial charge in [0.25, 0.3) is 0 Å². The molecule has 0 atom stereocenters. The predicted octanol–water partition coefficient (Wildman–Crippen LogP) is 2.87. The zero-order valence-corrected chi connectivity index (χ0v) is 12.2. The summed E-state index contributed by atoms with van der Waals surface area (Å²) in [5, 5.41) is 2.99. The normalized spacial score (nSPS) is 11.4. The lowest BCUT2D eigenvalue weighted by Crippen LogP contribution is -2.42. The molecule has 1 amide bonds. The number of pyridine rings is 1. The van der Waals surface area contributed by atoms with Crippen LogP contribution in [0.15, 0.2) is 18.3 Å². The highest BCUT2D eigenvalue weighted by Gasteiger charge is 2.35. The standard InChI is InChI=1S/C15H25N3O/c1-4-7-15(11-16,8-5-2)14(19)18-13-6-9-17-12(3)10-13/h6,9-10H,4-5,7-8,11,16H2,1-3H3,(H,17,18,19). The number of hydrogen-bond donors (Lipinski definition) is 2. The Morgan fingerprint density at radius 3 is 2.47 bits per heavy atom. The molecule has 106 valence electrons. The van der Waals surface area contributed by atoms with Crippen LogP contribution in [0.3, 0.4) is 0 Å². The van der Waals surface area contributed by atoms with Gasteiger partial charge in [0.05, 0.1) is 5.41 Å². The summed E-state index contributed by atoms with van der Waals surface area (Å²) < 4.78 is 0. The Bertz CT molecular complexity index is 412. The number of carbonyl (C=O) groups is 1. The number of hydrogen-bond acceptors (Lipinski definition) is 3. The summed E-state index contributed by atoms with van der Waals surface area (Å²) in [6.07, 6.45) is 5.27. The van der Waals surface area contributed by atoms with Gasteiger partial charge in [0.15, 0.2) is 0 Å². The second-order valence-corrected chi connectivity index (χ2v) is 5.12. The summed E-state index contributed by atoms with van der Waals surface area (Å²) >= 11 is 0. The second-order valence-electron chi connectivity index (χ2n) is 5.12. The van der Waals surface area contributed by atoms with Gasteiger partial charge in [-0.25, -0.2) is 0 Å². The molecule has 0 bridgehead atoms. The fourth-order valence-electron chi connectivity index (χ4n) is 2.49. The molecular weight excluding hydrogens is 238 g/mol. The van der Waals surface area contributed by atoms with Crippen LogP contribution in [0.25, 0.3) is 0 Å². The Balaban J connectivity index is 2.87. The minimum atomic E-state index is -0.444. The third kappa shape index (κ3) is 4.03. The van der Waals surface area contributed by atoms with Crippen LogP contribution in [0.2, 0.25) is 0 Å². The van der Waals surface area contributed by atoms with Crippen LogP contribution in [0, 0.1) is 12.3 Å². The molecule has 0 aliphatic rings. The maximum atomic E-state index is 12.5. The Labute approximate surface area is 115 Å². The fourth-order valence-corrected chi connectivity index (χ4v) is 2.49. The van der Waals surface area contributed by atoms with E-state index in [2.05, 4.69) is 24.1 Å². The van der Waals surface area contributed by atoms with E-state index < -0.39 is 5.41 Å². The van der Waals surface area contributed by atoms with Gasteiger partial charge in [-0.3, -0.25) is 9.78 Å². The van der Waals surface area contributed by atoms with Crippen molar-refractivity contribution in [3.8, 4) is 0 Å². The van der Waals surface area contributed by atoms with Gasteiger partial charge in [-0.1, -0.05) is 26.7 Å². The summed E-state index contributed by atoms with van der Waals surface area (Å²) in [6.45, 7) is 6.47. The smallest absolute Gasteiger partial charge is 0.231 e. The molecule has 4 nitrogen and oxygen atoms in total. The molecule has 19 heavy (non-hydrogen) atoms. The first-order chi connectivity index (χ1) is 9.07. The lowest BCUT2D eigenvalue weighted by atomic mass is 9.78. The highest BCUT2D eigenvalue weighted by atomic mass is 16.2. The van der Waals surface area contributed by atoms with Crippen molar-refractivity contribution in [2.75, 3.05) is 11.9 Å². The Morgan fingerprint density at radius 2 is 2.00 bits per heavy atom. The van der Waals surface area contributed by atoms with E-state index in [0.717, 1.165) is 37.1 Å². The monoisotopic (exact) mass is 263 g/mol. The van der Waals surface area contributed by atoms with Crippen LogP contribution in [-0.4, -0.2) is 17.4 Å². The third-order valence-electron chi connectivity index (χ3n) is 3.48. The van der Waals surface area contributed by atoms with Crippen LogP contribution >= 0.6 is 0 Å². The van der Waals surface area contributed by atoms with Crippen molar-refractivity contribution >= 4 is 11.6 Å². The van der Waals surface area contributed by atoms with Crippen molar-refractivity contribution in [1.82, 2.24) is 4.98 Å². The number of aromatic nitrogens is 1. The van der Waals surface area contributed by atoms with E-state index >= 15 is 0 Å². The molecule has 0 fully saturated rings. The van der Waals surface area contributed by atoms with Crippen LogP contribution in [0.4, 0.5) is 5.69 Å². The number of nitrogens with zero attached hydrogens (tertiary/aromatic N) is 1. The fraction of sp³-hybridized carbons (Fsp3) is 0.600. The van der Waals surface area contributed by atoms with Gasteiger partial charge in [-0.05, 0) is 31.9 Å². The van der Waals surface area contributed by atoms with Crippen molar-refractivity contribution in [2.24, 2.45) is 11.1 Å². The van der Waals surface area contributed by atoms with Gasteiger partial charge in [0.1, 0.15) is 0 Å². The summed E-state index contributed by atoms with van der Waals surface area (Å²) in [5.41, 5.74) is 7.13. The number of carbonyl (C=O) groups excluding carboxylic acids is 1. The summed E-state index contributed by atoms with van der Waals surface area (Å²) in [6, 6.07) is 3.68. The van der Waals surface area contributed by atoms with Crippen molar-refractivity contribution in [3.05, 3.63) is 24.0 Å². The van der Waals surface area contributed by atoms with E-state index in [4.69, 9.17) is 5.73 Å². The first-order valence-electron chi connectivity index (χ1n) is 7.02. The van der Waals surface area contributed by atoms with E-state index in [1.807, 2.05) is 19.1 Å². The van der Waals surface area contributed by atoms with E-state index in [9.17, 15) is 4.79 Å². The molecule has 0 radical (unpaired) electrons. The van der Waals surface area contributed by atoms with Crippen molar-refractivity contribution in [1.29, 1.82) is 0 Å². The third-order valence-corrected chi connectivity index (χ3v) is 3.48. The lowest BCUT2D eigenvalue weighted by molar-refractivity contribution is -0.126. The van der Waals surface area contributed by atoms with E-state index in [1.54, 1.807) is 6.20 Å². The van der Waals surface area contributed by atoms with Crippen molar-refractivity contribution < 1.29 is 4.79 Å². The highest BCUT2D eigenvalue weighted by Crippen LogP contribution is 2.30. The zero-order chi connectivity index (χ0) is 14.3. The minimum absolute atomic E-state index is 0.0318. The number of aryl methyl sites for hydroxylation is 1. The molecule has 0 aromatic carbocycles. The summed E-state index contributed by atoms with van der Waals surface area (Å²) in [5.74, 6) is 0.0318. The van der Waals surface area contributed by atoms with Gasteiger partial charge in [0, 0.05) is 24.1 Å². The highest BCUT2D eigenvalue weighted by molar-refractivity contribution is 5.95. The molecule has 0 aliphatic carbocycles. The van der Waals surface area contributed by atoms with Crippen LogP contribution in [-0.2, 0) is 4.79 Å². The molecule has 0 spiro atoms. The minimum Gasteiger partial charge on any atom is -0.329 e. The topological polar surface area (TPSA) is 68.0 Å². The maximum absolute atomic E-state index is 12.5. The number of amides is 1. The average Bonchev–Trinajstić information content (AvgIpc) is 2.38. The Hall–Kier alpha value is -1.42. The Morgan fingerprint density at radius 1 is 1.37 bits per heavy atom. The Kier molecular flexibility index (Phi) is 5.96. The lowest BCUT2D eigenvalue weighted by Gasteiger charge is -2.30. The zero-order valence-electron chi connectivity index (χ0n) is 12.2. The molecule has 0 aliphatic heterocycles. The van der Waals surface area contributed by atoms with Gasteiger partial charge in [-0.2, -0.15) is 0 Å². The SMILES string of the molecule is CCCC(CN)(CCC)C(=O)Nc1ccnc(C)c1. The molecule has 0 saturated heterocycles. The largest absolute Gasteiger partial charge is 0.329 e.